The van der Waals surface area contributed by atoms with Gasteiger partial charge in [-0.3, -0.25) is 0 Å². The third kappa shape index (κ3) is 1.27. The van der Waals surface area contributed by atoms with Gasteiger partial charge in [0.2, 0.25) is 0 Å². The molecule has 1 aliphatic rings. The largest absolute Gasteiger partial charge is 0.396 e. The molecule has 0 saturated carbocycles. The van der Waals surface area contributed by atoms with Gasteiger partial charge in [0.1, 0.15) is 7.85 Å². The van der Waals surface area contributed by atoms with Crippen molar-refractivity contribution in [3.8, 4) is 0 Å². The van der Waals surface area contributed by atoms with E-state index in [1.807, 2.05) is 0 Å². The van der Waals surface area contributed by atoms with Crippen LogP contribution in [0.15, 0.2) is 0 Å². The minimum absolute atomic E-state index is 0.168. The van der Waals surface area contributed by atoms with Crippen molar-refractivity contribution < 1.29 is 20.1 Å². The van der Waals surface area contributed by atoms with Gasteiger partial charge in [-0.2, -0.15) is 0 Å². The van der Waals surface area contributed by atoms with Crippen LogP contribution in [-0.4, -0.2) is 54.6 Å². The second-order valence-corrected chi connectivity index (χ2v) is 3.62. The minimum atomic E-state index is -0.728. The Morgan fingerprint density at radius 1 is 1.50 bits per heavy atom. The van der Waals surface area contributed by atoms with E-state index >= 15 is 0 Å². The maximum Gasteiger partial charge on any atom is 0.142 e. The Labute approximate surface area is 72.6 Å². The topological polar surface area (TPSA) is 69.9 Å². The molecule has 70 valence electrons. The first-order valence-electron chi connectivity index (χ1n) is 4.11. The molecular formula is C7H15BO4. The van der Waals surface area contributed by atoms with Crippen LogP contribution in [0.5, 0.6) is 0 Å². The number of hydrogen-bond acceptors (Lipinski definition) is 4. The predicted molar refractivity (Wildman–Crippen MR) is 45.5 cm³/mol. The Balaban J connectivity index is 2.80. The van der Waals surface area contributed by atoms with Crippen LogP contribution >= 0.6 is 0 Å². The van der Waals surface area contributed by atoms with Crippen LogP contribution in [0.25, 0.3) is 0 Å². The zero-order valence-electron chi connectivity index (χ0n) is 7.40. The van der Waals surface area contributed by atoms with Crippen LogP contribution < -0.4 is 0 Å². The molecule has 0 aliphatic carbocycles. The molecule has 12 heavy (non-hydrogen) atoms. The van der Waals surface area contributed by atoms with E-state index in [0.717, 1.165) is 0 Å². The zero-order chi connectivity index (χ0) is 9.35. The smallest absolute Gasteiger partial charge is 0.142 e. The third-order valence-corrected chi connectivity index (χ3v) is 2.74. The van der Waals surface area contributed by atoms with E-state index < -0.39 is 17.6 Å². The quantitative estimate of drug-likeness (QED) is 0.411. The van der Waals surface area contributed by atoms with Gasteiger partial charge < -0.3 is 20.1 Å². The molecule has 0 bridgehead atoms. The van der Waals surface area contributed by atoms with Crippen LogP contribution in [0, 0.1) is 5.41 Å². The lowest BCUT2D eigenvalue weighted by Gasteiger charge is -2.29. The van der Waals surface area contributed by atoms with Crippen molar-refractivity contribution in [2.24, 2.45) is 5.41 Å². The molecule has 0 spiro atoms. The van der Waals surface area contributed by atoms with Gasteiger partial charge in [0.05, 0.1) is 31.4 Å². The molecule has 4 nitrogen and oxygen atoms in total. The number of aliphatic hydroxyl groups is 3. The molecule has 3 N–H and O–H groups in total. The van der Waals surface area contributed by atoms with Crippen molar-refractivity contribution in [3.63, 3.8) is 0 Å². The molecular weight excluding hydrogens is 159 g/mol. The molecule has 0 aromatic rings. The predicted octanol–water partition coefficient (Wildman–Crippen LogP) is -2.30. The van der Waals surface area contributed by atoms with Gasteiger partial charge in [0, 0.05) is 5.41 Å². The molecule has 1 heterocycles. The number of ether oxygens (including phenoxy) is 1. The van der Waals surface area contributed by atoms with Gasteiger partial charge in [0.25, 0.3) is 0 Å². The lowest BCUT2D eigenvalue weighted by atomic mass is 9.76. The van der Waals surface area contributed by atoms with Gasteiger partial charge in [-0.1, -0.05) is 6.92 Å². The van der Waals surface area contributed by atoms with Crippen molar-refractivity contribution in [1.82, 2.24) is 0 Å². The lowest BCUT2D eigenvalue weighted by molar-refractivity contribution is -0.0300. The second kappa shape index (κ2) is 3.34. The first kappa shape index (κ1) is 9.99. The molecule has 3 unspecified atom stereocenters. The molecule has 0 aromatic heterocycles. The first-order chi connectivity index (χ1) is 5.56. The van der Waals surface area contributed by atoms with E-state index in [1.165, 1.54) is 0 Å². The Morgan fingerprint density at radius 2 is 2.08 bits per heavy atom. The van der Waals surface area contributed by atoms with Crippen LogP contribution in [0.1, 0.15) is 6.92 Å². The fourth-order valence-electron chi connectivity index (χ4n) is 1.66. The Hall–Kier alpha value is -0.0951. The summed E-state index contributed by atoms with van der Waals surface area (Å²) in [7, 11) is 1.73. The summed E-state index contributed by atoms with van der Waals surface area (Å²) in [4.78, 5) is 0. The normalized spacial score (nSPS) is 48.2. The summed E-state index contributed by atoms with van der Waals surface area (Å²) in [5.41, 5.74) is -0.728. The van der Waals surface area contributed by atoms with Gasteiger partial charge >= 0.3 is 0 Å². The highest BCUT2D eigenvalue weighted by molar-refractivity contribution is 6.11. The summed E-state index contributed by atoms with van der Waals surface area (Å²) < 4.78 is 5.27. The highest BCUT2D eigenvalue weighted by Crippen LogP contribution is 2.36. The molecule has 5 heteroatoms. The van der Waals surface area contributed by atoms with Crippen molar-refractivity contribution >= 4 is 7.85 Å². The fourth-order valence-corrected chi connectivity index (χ4v) is 1.66. The summed E-state index contributed by atoms with van der Waals surface area (Å²) in [5.74, 6) is 0. The van der Waals surface area contributed by atoms with Crippen LogP contribution in [0.2, 0.25) is 0 Å². The summed E-state index contributed by atoms with van der Waals surface area (Å²) in [5, 5.41) is 27.6. The Bertz CT molecular complexity index is 165. The summed E-state index contributed by atoms with van der Waals surface area (Å²) in [6, 6.07) is -0.320. The fraction of sp³-hybridized carbons (Fsp3) is 1.00. The summed E-state index contributed by atoms with van der Waals surface area (Å²) in [6.07, 6.45) is -1.17. The molecule has 0 aromatic carbocycles. The van der Waals surface area contributed by atoms with E-state index in [-0.39, 0.29) is 19.2 Å². The number of rotatable bonds is 2. The average Bonchev–Trinajstić information content (AvgIpc) is 2.30. The van der Waals surface area contributed by atoms with Crippen molar-refractivity contribution in [2.75, 3.05) is 13.2 Å². The summed E-state index contributed by atoms with van der Waals surface area (Å²) >= 11 is 0. The SMILES string of the molecule is BC1OC(CO)[C@@](C)(CO)C1O. The van der Waals surface area contributed by atoms with E-state index in [4.69, 9.17) is 14.9 Å². The van der Waals surface area contributed by atoms with Crippen LogP contribution in [0.4, 0.5) is 0 Å². The monoisotopic (exact) mass is 174 g/mol. The van der Waals surface area contributed by atoms with Crippen LogP contribution in [-0.2, 0) is 4.74 Å². The Morgan fingerprint density at radius 3 is 2.42 bits per heavy atom. The van der Waals surface area contributed by atoms with Crippen molar-refractivity contribution in [3.05, 3.63) is 0 Å². The van der Waals surface area contributed by atoms with Crippen molar-refractivity contribution in [1.29, 1.82) is 0 Å². The lowest BCUT2D eigenvalue weighted by Crippen LogP contribution is -2.43. The third-order valence-electron chi connectivity index (χ3n) is 2.74. The highest BCUT2D eigenvalue weighted by Gasteiger charge is 2.50. The maximum atomic E-state index is 9.62. The molecule has 4 atom stereocenters. The van der Waals surface area contributed by atoms with E-state index in [2.05, 4.69) is 0 Å². The molecule has 1 aliphatic heterocycles. The molecule has 1 saturated heterocycles. The molecule has 0 radical (unpaired) electrons. The van der Waals surface area contributed by atoms with E-state index in [0.29, 0.717) is 0 Å². The highest BCUT2D eigenvalue weighted by atomic mass is 16.5. The van der Waals surface area contributed by atoms with Gasteiger partial charge in [-0.15, -0.1) is 0 Å². The van der Waals surface area contributed by atoms with E-state index in [1.54, 1.807) is 14.8 Å². The molecule has 1 fully saturated rings. The van der Waals surface area contributed by atoms with E-state index in [9.17, 15) is 5.11 Å². The van der Waals surface area contributed by atoms with Gasteiger partial charge in [0.15, 0.2) is 0 Å². The second-order valence-electron chi connectivity index (χ2n) is 3.62. The van der Waals surface area contributed by atoms with Crippen molar-refractivity contribution in [2.45, 2.75) is 25.1 Å². The van der Waals surface area contributed by atoms with Gasteiger partial charge in [-0.05, 0) is 0 Å². The number of aliphatic hydroxyl groups excluding tert-OH is 3. The van der Waals surface area contributed by atoms with Gasteiger partial charge in [-0.25, -0.2) is 0 Å². The maximum absolute atomic E-state index is 9.62. The minimum Gasteiger partial charge on any atom is -0.396 e. The molecule has 1 rings (SSSR count). The van der Waals surface area contributed by atoms with Crippen LogP contribution in [0.3, 0.4) is 0 Å². The average molecular weight is 174 g/mol. The summed E-state index contributed by atoms with van der Waals surface area (Å²) in [6.45, 7) is 1.37. The molecule has 0 amide bonds. The first-order valence-corrected chi connectivity index (χ1v) is 4.11. The number of hydrogen-bond donors (Lipinski definition) is 3. The zero-order valence-corrected chi connectivity index (χ0v) is 7.40. The standard InChI is InChI=1S/C7H15BO4/c1-7(3-10)4(2-9)12-6(8)5(7)11/h4-6,9-11H,2-3,8H2,1H3/t4?,5?,6?,7-/m1/s1. The Kier molecular flexibility index (Phi) is 2.78.